The van der Waals surface area contributed by atoms with Crippen molar-refractivity contribution in [1.82, 2.24) is 0 Å². The Bertz CT molecular complexity index is 1950. The number of imide groups is 2. The fourth-order valence-electron chi connectivity index (χ4n) is 7.66. The first-order valence-electron chi connectivity index (χ1n) is 14.5. The lowest BCUT2D eigenvalue weighted by Gasteiger charge is -2.50. The molecule has 0 spiro atoms. The van der Waals surface area contributed by atoms with E-state index < -0.39 is 67.8 Å². The highest BCUT2D eigenvalue weighted by atomic mass is 35.5. The predicted molar refractivity (Wildman–Crippen MR) is 167 cm³/mol. The topological polar surface area (TPSA) is 147 Å². The second-order valence-electron chi connectivity index (χ2n) is 12.0. The lowest BCUT2D eigenvalue weighted by atomic mass is 9.56. The normalized spacial score (nSPS) is 29.7. The summed E-state index contributed by atoms with van der Waals surface area (Å²) in [5.41, 5.74) is 0.528. The van der Waals surface area contributed by atoms with Crippen molar-refractivity contribution in [3.63, 3.8) is 0 Å². The maximum Gasteiger partial charge on any atom is 0.271 e. The van der Waals surface area contributed by atoms with Crippen molar-refractivity contribution in [2.75, 3.05) is 16.9 Å². The maximum atomic E-state index is 14.4. The average molecular weight is 680 g/mol. The number of methoxy groups -OCH3 is 1. The Balaban J connectivity index is 1.39. The fraction of sp³-hybridized carbons (Fsp3) is 0.273. The number of hydrogen-bond donors (Lipinski definition) is 1. The molecule has 0 radical (unpaired) electrons. The number of rotatable bonds is 5. The van der Waals surface area contributed by atoms with Gasteiger partial charge < -0.3 is 9.84 Å². The molecule has 240 valence electrons. The number of nitro groups is 1. The zero-order chi connectivity index (χ0) is 33.6. The summed E-state index contributed by atoms with van der Waals surface area (Å²) in [5, 5.41) is 22.2. The Morgan fingerprint density at radius 2 is 1.66 bits per heavy atom. The lowest BCUT2D eigenvalue weighted by Crippen LogP contribution is -2.60. The molecule has 4 aliphatic rings. The van der Waals surface area contributed by atoms with Gasteiger partial charge in [-0.05, 0) is 66.8 Å². The van der Waals surface area contributed by atoms with Crippen LogP contribution in [0.4, 0.5) is 21.5 Å². The number of halogens is 3. The number of nitrogens with zero attached hydrogens (tertiary/aromatic N) is 3. The first-order chi connectivity index (χ1) is 22.3. The highest BCUT2D eigenvalue weighted by Crippen LogP contribution is 2.66. The molecule has 47 heavy (non-hydrogen) atoms. The van der Waals surface area contributed by atoms with Crippen molar-refractivity contribution in [1.29, 1.82) is 0 Å². The third-order valence-electron chi connectivity index (χ3n) is 9.73. The van der Waals surface area contributed by atoms with Crippen LogP contribution >= 0.6 is 23.2 Å². The summed E-state index contributed by atoms with van der Waals surface area (Å²) in [6.07, 6.45) is 1.48. The van der Waals surface area contributed by atoms with Gasteiger partial charge in [-0.1, -0.05) is 23.8 Å². The minimum absolute atomic E-state index is 0.0273. The molecule has 2 heterocycles. The zero-order valence-electron chi connectivity index (χ0n) is 24.4. The van der Waals surface area contributed by atoms with Gasteiger partial charge in [0.15, 0.2) is 21.2 Å². The number of phenols is 1. The third kappa shape index (κ3) is 4.17. The summed E-state index contributed by atoms with van der Waals surface area (Å²) in [6.45, 7) is 0. The minimum atomic E-state index is -2.18. The first kappa shape index (κ1) is 30.8. The van der Waals surface area contributed by atoms with Gasteiger partial charge >= 0.3 is 0 Å². The van der Waals surface area contributed by atoms with Crippen LogP contribution in [0, 0.1) is 33.7 Å². The third-order valence-corrected chi connectivity index (χ3v) is 11.1. The van der Waals surface area contributed by atoms with Gasteiger partial charge in [-0.15, -0.1) is 23.2 Å². The van der Waals surface area contributed by atoms with Crippen LogP contribution in [0.3, 0.4) is 0 Å². The van der Waals surface area contributed by atoms with Crippen LogP contribution in [0.5, 0.6) is 11.5 Å². The van der Waals surface area contributed by atoms with E-state index in [1.165, 1.54) is 49.6 Å². The number of benzene rings is 3. The number of non-ortho nitro benzene ring substituents is 1. The summed E-state index contributed by atoms with van der Waals surface area (Å²) in [7, 11) is 1.36. The Labute approximate surface area is 276 Å². The summed E-state index contributed by atoms with van der Waals surface area (Å²) in [6, 6.07) is 14.2. The van der Waals surface area contributed by atoms with Gasteiger partial charge in [0.2, 0.25) is 11.8 Å². The van der Waals surface area contributed by atoms with Crippen LogP contribution in [-0.2, 0) is 19.2 Å². The number of carbonyl (C=O) groups is 4. The van der Waals surface area contributed by atoms with E-state index >= 15 is 0 Å². The molecule has 0 bridgehead atoms. The monoisotopic (exact) mass is 679 g/mol. The molecule has 1 N–H and O–H groups in total. The highest BCUT2D eigenvalue weighted by Gasteiger charge is 2.76. The van der Waals surface area contributed by atoms with Crippen LogP contribution in [0.15, 0.2) is 78.4 Å². The van der Waals surface area contributed by atoms with E-state index in [0.29, 0.717) is 11.1 Å². The number of ether oxygens (including phenoxy) is 1. The summed E-state index contributed by atoms with van der Waals surface area (Å²) >= 11 is 14.6. The standard InChI is InChI=1S/C33H24Cl2FN3O8/c1-47-25-12-5-16(13-24(25)40)27-21-10-11-22-26(29(42)37(28(22)41)19-3-2-4-20(14-19)39(45)46)23(21)15-32(34)30(43)38(31(44)33(27,32)35)18-8-6-17(36)7-9-18/h2-10,12-14,22-23,26-27,40H,11,15H2,1H3. The average Bonchev–Trinajstić information content (AvgIpc) is 3.39. The van der Waals surface area contributed by atoms with Gasteiger partial charge in [0, 0.05) is 18.1 Å². The van der Waals surface area contributed by atoms with Crippen molar-refractivity contribution in [3.8, 4) is 11.5 Å². The van der Waals surface area contributed by atoms with E-state index in [2.05, 4.69) is 0 Å². The van der Waals surface area contributed by atoms with Crippen molar-refractivity contribution >= 4 is 63.9 Å². The van der Waals surface area contributed by atoms with Crippen LogP contribution in [-0.4, -0.2) is 50.5 Å². The quantitative estimate of drug-likeness (QED) is 0.127. The van der Waals surface area contributed by atoms with E-state index in [9.17, 15) is 38.8 Å². The molecule has 2 aliphatic carbocycles. The number of carbonyl (C=O) groups excluding carboxylic acids is 4. The molecule has 3 aromatic carbocycles. The summed E-state index contributed by atoms with van der Waals surface area (Å²) in [4.78, 5) is 64.8. The number of nitro benzene ring substituents is 1. The van der Waals surface area contributed by atoms with E-state index in [1.807, 2.05) is 0 Å². The van der Waals surface area contributed by atoms with E-state index in [1.54, 1.807) is 12.1 Å². The number of anilines is 2. The Morgan fingerprint density at radius 3 is 2.32 bits per heavy atom. The molecule has 14 heteroatoms. The van der Waals surface area contributed by atoms with Gasteiger partial charge in [0.25, 0.3) is 17.5 Å². The Morgan fingerprint density at radius 1 is 0.936 bits per heavy atom. The van der Waals surface area contributed by atoms with Crippen LogP contribution in [0.25, 0.3) is 0 Å². The highest BCUT2D eigenvalue weighted by molar-refractivity contribution is 6.58. The summed E-state index contributed by atoms with van der Waals surface area (Å²) in [5.74, 6) is -7.69. The molecule has 3 fully saturated rings. The number of allylic oxidation sites excluding steroid dienone is 2. The van der Waals surface area contributed by atoms with Gasteiger partial charge in [-0.25, -0.2) is 14.2 Å². The molecule has 1 saturated carbocycles. The molecule has 2 saturated heterocycles. The minimum Gasteiger partial charge on any atom is -0.504 e. The molecule has 2 aliphatic heterocycles. The van der Waals surface area contributed by atoms with Gasteiger partial charge in [0.1, 0.15) is 5.82 Å². The zero-order valence-corrected chi connectivity index (χ0v) is 25.9. The van der Waals surface area contributed by atoms with Gasteiger partial charge in [-0.2, -0.15) is 0 Å². The van der Waals surface area contributed by atoms with E-state index in [4.69, 9.17) is 27.9 Å². The summed E-state index contributed by atoms with van der Waals surface area (Å²) < 4.78 is 19.0. The second kappa shape index (κ2) is 10.6. The number of hydrogen-bond acceptors (Lipinski definition) is 8. The number of phenolic OH excluding ortho intramolecular Hbond substituents is 1. The largest absolute Gasteiger partial charge is 0.504 e. The molecule has 3 aromatic rings. The van der Waals surface area contributed by atoms with Gasteiger partial charge in [0.05, 0.1) is 35.2 Å². The number of aromatic hydroxyl groups is 1. The Hall–Kier alpha value is -4.81. The van der Waals surface area contributed by atoms with Crippen molar-refractivity contribution in [2.45, 2.75) is 28.5 Å². The van der Waals surface area contributed by atoms with Crippen molar-refractivity contribution in [2.24, 2.45) is 17.8 Å². The molecular formula is C33H24Cl2FN3O8. The first-order valence-corrected chi connectivity index (χ1v) is 15.3. The maximum absolute atomic E-state index is 14.4. The SMILES string of the molecule is COc1ccc(C2C3=CCC4C(=O)N(c5cccc([N+](=O)[O-])c5)C(=O)C4C3CC3(Cl)C(=O)N(c4ccc(F)cc4)C(=O)C23Cl)cc1O. The Kier molecular flexibility index (Phi) is 6.96. The van der Waals surface area contributed by atoms with Crippen LogP contribution < -0.4 is 14.5 Å². The van der Waals surface area contributed by atoms with Crippen molar-refractivity contribution in [3.05, 3.63) is 99.9 Å². The second-order valence-corrected chi connectivity index (χ2v) is 13.2. The molecule has 0 aromatic heterocycles. The van der Waals surface area contributed by atoms with E-state index in [0.717, 1.165) is 28.0 Å². The van der Waals surface area contributed by atoms with E-state index in [-0.39, 0.29) is 41.4 Å². The van der Waals surface area contributed by atoms with Crippen molar-refractivity contribution < 1.29 is 38.3 Å². The molecule has 11 nitrogen and oxygen atoms in total. The number of amides is 4. The van der Waals surface area contributed by atoms with Crippen LogP contribution in [0.1, 0.15) is 24.3 Å². The number of alkyl halides is 2. The smallest absolute Gasteiger partial charge is 0.271 e. The molecular weight excluding hydrogens is 656 g/mol. The van der Waals surface area contributed by atoms with Gasteiger partial charge in [-0.3, -0.25) is 29.3 Å². The van der Waals surface area contributed by atoms with Crippen LogP contribution in [0.2, 0.25) is 0 Å². The predicted octanol–water partition coefficient (Wildman–Crippen LogP) is 5.22. The molecule has 6 unspecified atom stereocenters. The molecule has 7 rings (SSSR count). The lowest BCUT2D eigenvalue weighted by molar-refractivity contribution is -0.384. The fourth-order valence-corrected chi connectivity index (χ4v) is 8.59. The number of fused-ring (bicyclic) bond motifs is 4. The molecule has 6 atom stereocenters. The molecule has 4 amide bonds.